The van der Waals surface area contributed by atoms with E-state index >= 15 is 0 Å². The van der Waals surface area contributed by atoms with Gasteiger partial charge in [0.25, 0.3) is 0 Å². The molecule has 11 rings (SSSR count). The highest BCUT2D eigenvalue weighted by Crippen LogP contribution is 2.64. The molecule has 4 atom stereocenters. The molecule has 2 heterocycles. The summed E-state index contributed by atoms with van der Waals surface area (Å²) >= 11 is 0. The van der Waals surface area contributed by atoms with Gasteiger partial charge in [-0.25, -0.2) is 0 Å². The number of aryl methyl sites for hydroxylation is 2. The van der Waals surface area contributed by atoms with Crippen LogP contribution in [0.3, 0.4) is 0 Å². The first kappa shape index (κ1) is 37.0. The predicted molar refractivity (Wildman–Crippen MR) is 250 cm³/mol. The van der Waals surface area contributed by atoms with Gasteiger partial charge in [0, 0.05) is 39.0 Å². The third kappa shape index (κ3) is 4.81. The summed E-state index contributed by atoms with van der Waals surface area (Å²) in [7, 11) is 0. The molecule has 0 radical (unpaired) electrons. The highest BCUT2D eigenvalue weighted by atomic mass is 15.3. The molecule has 4 unspecified atom stereocenters. The maximum absolute atomic E-state index is 2.72. The molecule has 2 aliphatic heterocycles. The lowest BCUT2D eigenvalue weighted by Crippen LogP contribution is -2.54. The van der Waals surface area contributed by atoms with E-state index in [9.17, 15) is 0 Å². The molecular formula is C57H60N2. The number of rotatable bonds is 4. The molecule has 0 aromatic heterocycles. The van der Waals surface area contributed by atoms with E-state index in [0.29, 0.717) is 0 Å². The Morgan fingerprint density at radius 3 is 1.17 bits per heavy atom. The van der Waals surface area contributed by atoms with Crippen LogP contribution < -0.4 is 9.80 Å². The van der Waals surface area contributed by atoms with Crippen molar-refractivity contribution in [1.82, 2.24) is 0 Å². The Labute approximate surface area is 353 Å². The zero-order valence-electron chi connectivity index (χ0n) is 36.6. The van der Waals surface area contributed by atoms with Crippen molar-refractivity contribution in [2.45, 2.75) is 134 Å². The largest absolute Gasteiger partial charge is 0.334 e. The van der Waals surface area contributed by atoms with E-state index in [4.69, 9.17) is 0 Å². The van der Waals surface area contributed by atoms with Gasteiger partial charge in [-0.3, -0.25) is 0 Å². The highest BCUT2D eigenvalue weighted by Gasteiger charge is 2.59. The highest BCUT2D eigenvalue weighted by molar-refractivity contribution is 5.89. The summed E-state index contributed by atoms with van der Waals surface area (Å²) in [6.45, 7) is 19.8. The molecule has 2 nitrogen and oxygen atoms in total. The van der Waals surface area contributed by atoms with Crippen LogP contribution in [0, 0.1) is 13.8 Å². The third-order valence-electron chi connectivity index (χ3n) is 17.2. The van der Waals surface area contributed by atoms with Crippen LogP contribution in [0.25, 0.3) is 33.4 Å². The summed E-state index contributed by atoms with van der Waals surface area (Å²) < 4.78 is 0. The fourth-order valence-electron chi connectivity index (χ4n) is 13.5. The van der Waals surface area contributed by atoms with Crippen molar-refractivity contribution in [2.24, 2.45) is 0 Å². The fraction of sp³-hybridized carbons (Fsp3) is 0.368. The van der Waals surface area contributed by atoms with Gasteiger partial charge >= 0.3 is 0 Å². The van der Waals surface area contributed by atoms with Gasteiger partial charge in [-0.05, 0) is 181 Å². The molecule has 0 amide bonds. The Bertz CT molecular complexity index is 2510. The minimum Gasteiger partial charge on any atom is -0.334 e. The minimum atomic E-state index is -0.121. The van der Waals surface area contributed by atoms with E-state index in [-0.39, 0.29) is 27.3 Å². The standard InChI is InChI=1S/C57H60N2/c1-37-31-41(35-49-51(37)58(43-19-11-9-12-20-43)56(7)29-17-15-27-54(49,56)5)39-23-25-45-46-26-24-40(34-48(46)53(3,4)47(45)33-39)42-32-38(2)52-50(36-42)55(6)28-16-18-30-57(55,8)59(52)44-21-13-10-14-22-44/h9-14,19-26,31-36H,15-18,27-30H2,1-8H3. The molecule has 2 saturated carbocycles. The Morgan fingerprint density at radius 2 is 0.763 bits per heavy atom. The van der Waals surface area contributed by atoms with E-state index in [1.54, 1.807) is 0 Å². The molecule has 6 aromatic rings. The summed E-state index contributed by atoms with van der Waals surface area (Å²) in [5.41, 5.74) is 22.5. The number of fused-ring (bicyclic) bond motifs is 9. The van der Waals surface area contributed by atoms with E-state index in [2.05, 4.69) is 187 Å². The molecule has 298 valence electrons. The summed E-state index contributed by atoms with van der Waals surface area (Å²) in [5.74, 6) is 0. The second-order valence-electron chi connectivity index (χ2n) is 20.5. The first-order valence-electron chi connectivity index (χ1n) is 22.6. The van der Waals surface area contributed by atoms with Gasteiger partial charge < -0.3 is 9.80 Å². The molecular weight excluding hydrogens is 713 g/mol. The SMILES string of the molecule is Cc1cc(-c2ccc3c(c2)C(C)(C)c2cc(-c4cc(C)c5c(c4)C4(C)CCCCC4(C)N5c4ccccc4)ccc2-3)cc2c1N(c1ccccc1)C1(C)CCCCC21C. The van der Waals surface area contributed by atoms with Crippen LogP contribution in [-0.2, 0) is 16.2 Å². The van der Waals surface area contributed by atoms with Gasteiger partial charge in [0.1, 0.15) is 0 Å². The van der Waals surface area contributed by atoms with Crippen LogP contribution in [0.5, 0.6) is 0 Å². The van der Waals surface area contributed by atoms with Gasteiger partial charge in [0.05, 0.1) is 11.1 Å². The first-order chi connectivity index (χ1) is 28.3. The summed E-state index contributed by atoms with van der Waals surface area (Å²) in [6.07, 6.45) is 10.0. The number of hydrogen-bond acceptors (Lipinski definition) is 2. The molecule has 59 heavy (non-hydrogen) atoms. The van der Waals surface area contributed by atoms with Crippen molar-refractivity contribution in [3.8, 4) is 33.4 Å². The molecule has 0 saturated heterocycles. The van der Waals surface area contributed by atoms with Crippen molar-refractivity contribution in [1.29, 1.82) is 0 Å². The minimum absolute atomic E-state index is 0.0457. The van der Waals surface area contributed by atoms with Gasteiger partial charge in [0.15, 0.2) is 0 Å². The van der Waals surface area contributed by atoms with E-state index in [1.807, 2.05) is 0 Å². The first-order valence-corrected chi connectivity index (χ1v) is 22.6. The van der Waals surface area contributed by atoms with E-state index in [0.717, 1.165) is 0 Å². The summed E-state index contributed by atoms with van der Waals surface area (Å²) in [6, 6.07) is 47.1. The molecule has 3 aliphatic carbocycles. The summed E-state index contributed by atoms with van der Waals surface area (Å²) in [4.78, 5) is 5.44. The maximum atomic E-state index is 2.72. The Kier molecular flexibility index (Phi) is 7.82. The predicted octanol–water partition coefficient (Wildman–Crippen LogP) is 15.4. The molecule has 6 aromatic carbocycles. The monoisotopic (exact) mass is 772 g/mol. The van der Waals surface area contributed by atoms with Gasteiger partial charge in [-0.15, -0.1) is 0 Å². The van der Waals surface area contributed by atoms with Crippen molar-refractivity contribution in [3.05, 3.63) is 155 Å². The molecule has 0 spiro atoms. The molecule has 2 heteroatoms. The van der Waals surface area contributed by atoms with Crippen molar-refractivity contribution in [2.75, 3.05) is 9.80 Å². The molecule has 0 bridgehead atoms. The lowest BCUT2D eigenvalue weighted by Gasteiger charge is -2.50. The van der Waals surface area contributed by atoms with E-state index < -0.39 is 0 Å². The van der Waals surface area contributed by atoms with Crippen LogP contribution in [0.15, 0.2) is 121 Å². The van der Waals surface area contributed by atoms with Crippen LogP contribution in [-0.4, -0.2) is 11.1 Å². The summed E-state index contributed by atoms with van der Waals surface area (Å²) in [5, 5.41) is 0. The molecule has 5 aliphatic rings. The van der Waals surface area contributed by atoms with Crippen molar-refractivity contribution >= 4 is 22.7 Å². The van der Waals surface area contributed by atoms with Crippen molar-refractivity contribution < 1.29 is 0 Å². The number of para-hydroxylation sites is 2. The van der Waals surface area contributed by atoms with E-state index in [1.165, 1.54) is 141 Å². The smallest absolute Gasteiger partial charge is 0.0518 e. The lowest BCUT2D eigenvalue weighted by molar-refractivity contribution is 0.195. The lowest BCUT2D eigenvalue weighted by atomic mass is 9.61. The van der Waals surface area contributed by atoms with Crippen LogP contribution in [0.1, 0.15) is 126 Å². The van der Waals surface area contributed by atoms with Crippen LogP contribution in [0.2, 0.25) is 0 Å². The normalized spacial score (nSPS) is 27.1. The Hall–Kier alpha value is -5.08. The maximum Gasteiger partial charge on any atom is 0.0518 e. The second kappa shape index (κ2) is 12.5. The number of anilines is 4. The topological polar surface area (TPSA) is 6.48 Å². The zero-order chi connectivity index (χ0) is 40.7. The Balaban J connectivity index is 0.984. The quantitative estimate of drug-likeness (QED) is 0.176. The zero-order valence-corrected chi connectivity index (χ0v) is 36.6. The third-order valence-corrected chi connectivity index (χ3v) is 17.2. The van der Waals surface area contributed by atoms with Crippen molar-refractivity contribution in [3.63, 3.8) is 0 Å². The average Bonchev–Trinajstić information content (AvgIpc) is 3.70. The number of benzene rings is 6. The second-order valence-corrected chi connectivity index (χ2v) is 20.5. The van der Waals surface area contributed by atoms with Crippen LogP contribution in [0.4, 0.5) is 22.7 Å². The Morgan fingerprint density at radius 1 is 0.390 bits per heavy atom. The van der Waals surface area contributed by atoms with Gasteiger partial charge in [0.2, 0.25) is 0 Å². The number of nitrogens with zero attached hydrogens (tertiary/aromatic N) is 2. The van der Waals surface area contributed by atoms with Gasteiger partial charge in [-0.1, -0.05) is 114 Å². The van der Waals surface area contributed by atoms with Crippen LogP contribution >= 0.6 is 0 Å². The molecule has 2 fully saturated rings. The molecule has 0 N–H and O–H groups in total. The average molecular weight is 773 g/mol. The fourth-order valence-corrected chi connectivity index (χ4v) is 13.5. The number of hydrogen-bond donors (Lipinski definition) is 0. The van der Waals surface area contributed by atoms with Gasteiger partial charge in [-0.2, -0.15) is 0 Å².